The smallest absolute Gasteiger partial charge is 0.101 e. The van der Waals surface area contributed by atoms with E-state index in [9.17, 15) is 0 Å². The molecule has 2 nitrogen and oxygen atoms in total. The second-order valence-corrected chi connectivity index (χ2v) is 9.70. The first-order valence-corrected chi connectivity index (χ1v) is 14.0. The normalized spacial score (nSPS) is 14.4. The topological polar surface area (TPSA) is 6.48 Å². The molecule has 0 unspecified atom stereocenters. The maximum absolute atomic E-state index is 2.64. The second kappa shape index (κ2) is 20.3. The lowest BCUT2D eigenvalue weighted by atomic mass is 10.0. The summed E-state index contributed by atoms with van der Waals surface area (Å²) < 4.78 is 0. The van der Waals surface area contributed by atoms with Gasteiger partial charge in [-0.3, -0.25) is 0 Å². The first-order chi connectivity index (χ1) is 14.8. The fourth-order valence-electron chi connectivity index (χ4n) is 4.77. The van der Waals surface area contributed by atoms with Crippen LogP contribution in [-0.4, -0.2) is 29.1 Å². The van der Waals surface area contributed by atoms with Crippen molar-refractivity contribution in [2.75, 3.05) is 13.1 Å². The summed E-state index contributed by atoms with van der Waals surface area (Å²) in [5, 5.41) is 0. The van der Waals surface area contributed by atoms with Gasteiger partial charge in [0.05, 0.1) is 0 Å². The quantitative estimate of drug-likeness (QED) is 0.161. The molecule has 0 N–H and O–H groups in total. The number of unbranched alkanes of at least 4 members (excludes halogenated alkanes) is 16. The summed E-state index contributed by atoms with van der Waals surface area (Å²) in [6.07, 6.45) is 33.6. The molecular weight excluding hydrogens is 364 g/mol. The molecule has 0 aliphatic carbocycles. The summed E-state index contributed by atoms with van der Waals surface area (Å²) >= 11 is 0. The van der Waals surface area contributed by atoms with Crippen molar-refractivity contribution in [3.8, 4) is 0 Å². The van der Waals surface area contributed by atoms with Crippen molar-refractivity contribution in [2.24, 2.45) is 0 Å². The number of hydrogen-bond acceptors (Lipinski definition) is 2. The van der Waals surface area contributed by atoms with Crippen LogP contribution in [0.4, 0.5) is 0 Å². The number of rotatable bonds is 22. The highest BCUT2D eigenvalue weighted by molar-refractivity contribution is 4.96. The predicted molar refractivity (Wildman–Crippen MR) is 136 cm³/mol. The Bertz CT molecular complexity index is 359. The zero-order valence-corrected chi connectivity index (χ0v) is 21.2. The Morgan fingerprint density at radius 2 is 0.767 bits per heavy atom. The molecule has 1 aliphatic heterocycles. The molecule has 0 amide bonds. The Morgan fingerprint density at radius 1 is 0.433 bits per heavy atom. The van der Waals surface area contributed by atoms with Gasteiger partial charge in [-0.2, -0.15) is 0 Å². The summed E-state index contributed by atoms with van der Waals surface area (Å²) in [4.78, 5) is 5.28. The van der Waals surface area contributed by atoms with Crippen LogP contribution in [0, 0.1) is 0 Å². The van der Waals surface area contributed by atoms with Gasteiger partial charge >= 0.3 is 0 Å². The van der Waals surface area contributed by atoms with Crippen molar-refractivity contribution < 1.29 is 0 Å². The predicted octanol–water partition coefficient (Wildman–Crippen LogP) is 9.26. The van der Waals surface area contributed by atoms with Gasteiger partial charge in [-0.1, -0.05) is 124 Å². The average molecular weight is 421 g/mol. The molecule has 0 radical (unpaired) electrons. The molecule has 2 heteroatoms. The molecule has 0 saturated carbocycles. The zero-order chi connectivity index (χ0) is 21.7. The van der Waals surface area contributed by atoms with Crippen LogP contribution >= 0.6 is 0 Å². The Kier molecular flexibility index (Phi) is 18.5. The van der Waals surface area contributed by atoms with Gasteiger partial charge in [0, 0.05) is 25.5 Å². The van der Waals surface area contributed by atoms with Gasteiger partial charge in [0.2, 0.25) is 0 Å². The molecule has 0 fully saturated rings. The van der Waals surface area contributed by atoms with Crippen LogP contribution in [0.2, 0.25) is 0 Å². The molecule has 0 atom stereocenters. The summed E-state index contributed by atoms with van der Waals surface area (Å²) in [6.45, 7) is 9.41. The molecule has 1 heterocycles. The van der Waals surface area contributed by atoms with Crippen molar-refractivity contribution in [1.29, 1.82) is 0 Å². The van der Waals surface area contributed by atoms with Gasteiger partial charge in [-0.05, 0) is 25.7 Å². The number of hydrogen-bond donors (Lipinski definition) is 0. The number of nitrogens with zero attached hydrogens (tertiary/aromatic N) is 2. The highest BCUT2D eigenvalue weighted by Crippen LogP contribution is 2.23. The Balaban J connectivity index is 2.09. The van der Waals surface area contributed by atoms with Crippen LogP contribution in [0.25, 0.3) is 0 Å². The van der Waals surface area contributed by atoms with Gasteiger partial charge in [0.1, 0.15) is 6.17 Å². The fourth-order valence-corrected chi connectivity index (χ4v) is 4.77. The molecule has 0 aromatic heterocycles. The third-order valence-corrected chi connectivity index (χ3v) is 6.82. The van der Waals surface area contributed by atoms with E-state index < -0.39 is 0 Å². The Morgan fingerprint density at radius 3 is 1.17 bits per heavy atom. The Hall–Kier alpha value is -0.660. The summed E-state index contributed by atoms with van der Waals surface area (Å²) in [7, 11) is 0. The summed E-state index contributed by atoms with van der Waals surface area (Å²) in [5.74, 6) is 0. The molecule has 0 aromatic rings. The second-order valence-electron chi connectivity index (χ2n) is 9.70. The van der Waals surface area contributed by atoms with Crippen molar-refractivity contribution >= 4 is 0 Å². The van der Waals surface area contributed by atoms with E-state index >= 15 is 0 Å². The lowest BCUT2D eigenvalue weighted by molar-refractivity contribution is 0.136. The standard InChI is InChI=1S/C28H56N2/c1-4-7-10-11-12-13-14-15-16-17-18-19-20-23-28-29(24-21-8-5-2)26-27-30(28)25-22-9-6-3/h26-28H,4-25H2,1-3H3. The molecule has 0 spiro atoms. The van der Waals surface area contributed by atoms with Crippen LogP contribution in [0.3, 0.4) is 0 Å². The molecule has 1 rings (SSSR count). The van der Waals surface area contributed by atoms with Gasteiger partial charge in [0.15, 0.2) is 0 Å². The highest BCUT2D eigenvalue weighted by Gasteiger charge is 2.24. The van der Waals surface area contributed by atoms with Gasteiger partial charge < -0.3 is 9.80 Å². The molecule has 30 heavy (non-hydrogen) atoms. The van der Waals surface area contributed by atoms with E-state index in [2.05, 4.69) is 43.0 Å². The largest absolute Gasteiger partial charge is 0.356 e. The fraction of sp³-hybridized carbons (Fsp3) is 0.929. The molecule has 0 saturated heterocycles. The van der Waals surface area contributed by atoms with E-state index in [-0.39, 0.29) is 0 Å². The van der Waals surface area contributed by atoms with Crippen molar-refractivity contribution in [3.05, 3.63) is 12.4 Å². The van der Waals surface area contributed by atoms with Crippen LogP contribution in [0.5, 0.6) is 0 Å². The minimum atomic E-state index is 0.645. The third kappa shape index (κ3) is 13.6. The van der Waals surface area contributed by atoms with E-state index in [4.69, 9.17) is 0 Å². The first-order valence-electron chi connectivity index (χ1n) is 14.0. The maximum atomic E-state index is 2.64. The van der Waals surface area contributed by atoms with Crippen molar-refractivity contribution in [3.63, 3.8) is 0 Å². The molecule has 0 bridgehead atoms. The highest BCUT2D eigenvalue weighted by atomic mass is 15.4. The van der Waals surface area contributed by atoms with E-state index in [1.54, 1.807) is 0 Å². The van der Waals surface area contributed by atoms with E-state index in [1.807, 2.05) is 0 Å². The van der Waals surface area contributed by atoms with Crippen LogP contribution < -0.4 is 0 Å². The minimum absolute atomic E-state index is 0.645. The summed E-state index contributed by atoms with van der Waals surface area (Å²) in [6, 6.07) is 0. The lowest BCUT2D eigenvalue weighted by Crippen LogP contribution is -2.39. The monoisotopic (exact) mass is 420 g/mol. The maximum Gasteiger partial charge on any atom is 0.101 e. The van der Waals surface area contributed by atoms with Crippen molar-refractivity contribution in [2.45, 2.75) is 155 Å². The van der Waals surface area contributed by atoms with E-state index in [0.29, 0.717) is 6.17 Å². The van der Waals surface area contributed by atoms with Crippen LogP contribution in [-0.2, 0) is 0 Å². The van der Waals surface area contributed by atoms with Gasteiger partial charge in [-0.15, -0.1) is 0 Å². The Labute approximate surface area is 190 Å². The van der Waals surface area contributed by atoms with Crippen LogP contribution in [0.15, 0.2) is 12.4 Å². The average Bonchev–Trinajstić information content (AvgIpc) is 3.13. The SMILES string of the molecule is CCCCCCCCCCCCCCCC1N(CCCCC)C=CN1CCCCC. The van der Waals surface area contributed by atoms with Crippen molar-refractivity contribution in [1.82, 2.24) is 9.80 Å². The van der Waals surface area contributed by atoms with E-state index in [1.165, 1.54) is 142 Å². The third-order valence-electron chi connectivity index (χ3n) is 6.82. The van der Waals surface area contributed by atoms with E-state index in [0.717, 1.165) is 0 Å². The van der Waals surface area contributed by atoms with Gasteiger partial charge in [0.25, 0.3) is 0 Å². The lowest BCUT2D eigenvalue weighted by Gasteiger charge is -2.33. The first kappa shape index (κ1) is 27.4. The molecular formula is C28H56N2. The van der Waals surface area contributed by atoms with Gasteiger partial charge in [-0.25, -0.2) is 0 Å². The molecule has 178 valence electrons. The van der Waals surface area contributed by atoms with Crippen LogP contribution in [0.1, 0.15) is 149 Å². The minimum Gasteiger partial charge on any atom is -0.356 e. The summed E-state index contributed by atoms with van der Waals surface area (Å²) in [5.41, 5.74) is 0. The molecule has 1 aliphatic rings. The zero-order valence-electron chi connectivity index (χ0n) is 21.2. The molecule has 0 aromatic carbocycles.